The van der Waals surface area contributed by atoms with Gasteiger partial charge in [-0.3, -0.25) is 0 Å². The molecule has 1 saturated carbocycles. The molecular formula is C38H59ClO5. The van der Waals surface area contributed by atoms with Gasteiger partial charge in [0.15, 0.2) is 0 Å². The van der Waals surface area contributed by atoms with Gasteiger partial charge in [0.25, 0.3) is 0 Å². The molecule has 6 heteroatoms. The maximum absolute atomic E-state index is 12.3. The molecule has 5 nitrogen and oxygen atoms in total. The molecule has 1 aliphatic rings. The molecule has 0 radical (unpaired) electrons. The Bertz CT molecular complexity index is 1040. The highest BCUT2D eigenvalue weighted by Crippen LogP contribution is 2.43. The Kier molecular flexibility index (Phi) is 17.3. The molecule has 0 amide bonds. The molecule has 1 N–H and O–H groups in total. The zero-order valence-corrected chi connectivity index (χ0v) is 28.8. The van der Waals surface area contributed by atoms with E-state index in [1.54, 1.807) is 0 Å². The van der Waals surface area contributed by atoms with Gasteiger partial charge in [-0.05, 0) is 66.8 Å². The van der Waals surface area contributed by atoms with E-state index in [0.29, 0.717) is 33.0 Å². The first-order valence-electron chi connectivity index (χ1n) is 17.5. The number of aryl methyl sites for hydroxylation is 1. The topological polar surface area (TPSA) is 57.2 Å². The molecule has 1 aliphatic carbocycles. The summed E-state index contributed by atoms with van der Waals surface area (Å²) >= 11 is 6.79. The van der Waals surface area contributed by atoms with E-state index in [9.17, 15) is 5.11 Å². The number of aliphatic hydroxyl groups excluding tert-OH is 1. The average molecular weight is 631 g/mol. The highest BCUT2D eigenvalue weighted by Gasteiger charge is 2.52. The van der Waals surface area contributed by atoms with Crippen molar-refractivity contribution in [3.63, 3.8) is 0 Å². The standard InChI is InChI=1S/C38H59ClO5/c1-6-11-21-41-27-32-35(40)34(30-19-20-33(39)31(26-30)25-29-17-15-28(10-5)16-18-29)37(43-23-13-8-3)38(44-24-14-9-4)36(32)42-22-12-7-2/h15-20,26,32,34-38,40H,6-14,21-25,27H2,1-5H3/t32-,34+,35-,36+,37-,38-/m0/s1. The fourth-order valence-electron chi connectivity index (χ4n) is 6.08. The Balaban J connectivity index is 2.03. The lowest BCUT2D eigenvalue weighted by atomic mass is 9.70. The summed E-state index contributed by atoms with van der Waals surface area (Å²) in [4.78, 5) is 0. The molecule has 0 aliphatic heterocycles. The van der Waals surface area contributed by atoms with Crippen LogP contribution >= 0.6 is 11.6 Å². The van der Waals surface area contributed by atoms with Crippen LogP contribution in [0.15, 0.2) is 42.5 Å². The van der Waals surface area contributed by atoms with E-state index in [1.165, 1.54) is 11.1 Å². The van der Waals surface area contributed by atoms with Crippen molar-refractivity contribution in [2.45, 2.75) is 129 Å². The second-order valence-electron chi connectivity index (χ2n) is 12.4. The van der Waals surface area contributed by atoms with Crippen LogP contribution in [0, 0.1) is 5.92 Å². The van der Waals surface area contributed by atoms with Gasteiger partial charge in [0.05, 0.1) is 24.9 Å². The van der Waals surface area contributed by atoms with Gasteiger partial charge in [-0.2, -0.15) is 0 Å². The molecule has 0 unspecified atom stereocenters. The highest BCUT2D eigenvalue weighted by molar-refractivity contribution is 6.31. The Morgan fingerprint density at radius 3 is 1.80 bits per heavy atom. The third kappa shape index (κ3) is 10.8. The molecule has 0 saturated heterocycles. The van der Waals surface area contributed by atoms with E-state index in [1.807, 2.05) is 6.07 Å². The second kappa shape index (κ2) is 20.6. The number of unbranched alkanes of at least 4 members (excludes halogenated alkanes) is 4. The lowest BCUT2D eigenvalue weighted by Gasteiger charge is -2.49. The Labute approximate surface area is 273 Å². The maximum Gasteiger partial charge on any atom is 0.111 e. The maximum atomic E-state index is 12.3. The van der Waals surface area contributed by atoms with E-state index in [4.69, 9.17) is 30.5 Å². The first kappa shape index (κ1) is 37.0. The van der Waals surface area contributed by atoms with Crippen LogP contribution in [-0.4, -0.2) is 62.6 Å². The zero-order valence-electron chi connectivity index (χ0n) is 28.1. The summed E-state index contributed by atoms with van der Waals surface area (Å²) in [6.45, 7) is 13.8. The zero-order chi connectivity index (χ0) is 31.7. The van der Waals surface area contributed by atoms with Crippen molar-refractivity contribution in [1.82, 2.24) is 0 Å². The van der Waals surface area contributed by atoms with Crippen LogP contribution in [0.5, 0.6) is 0 Å². The van der Waals surface area contributed by atoms with Gasteiger partial charge in [0.1, 0.15) is 6.10 Å². The van der Waals surface area contributed by atoms with Gasteiger partial charge in [-0.15, -0.1) is 0 Å². The van der Waals surface area contributed by atoms with Crippen LogP contribution < -0.4 is 0 Å². The summed E-state index contributed by atoms with van der Waals surface area (Å²) in [5.41, 5.74) is 4.61. The summed E-state index contributed by atoms with van der Waals surface area (Å²) in [6, 6.07) is 15.0. The molecule has 2 aromatic rings. The predicted octanol–water partition coefficient (Wildman–Crippen LogP) is 8.94. The van der Waals surface area contributed by atoms with Gasteiger partial charge < -0.3 is 24.1 Å². The smallest absolute Gasteiger partial charge is 0.111 e. The molecule has 0 heterocycles. The summed E-state index contributed by atoms with van der Waals surface area (Å²) in [6.07, 6.45) is 8.09. The van der Waals surface area contributed by atoms with Gasteiger partial charge in [-0.1, -0.05) is 108 Å². The third-order valence-electron chi connectivity index (χ3n) is 8.89. The predicted molar refractivity (Wildman–Crippen MR) is 182 cm³/mol. The molecule has 3 rings (SSSR count). The second-order valence-corrected chi connectivity index (χ2v) is 12.8. The number of benzene rings is 2. The summed E-state index contributed by atoms with van der Waals surface area (Å²) < 4.78 is 26.2. The van der Waals surface area contributed by atoms with Gasteiger partial charge in [0, 0.05) is 43.3 Å². The Hall–Kier alpha value is -1.47. The third-order valence-corrected chi connectivity index (χ3v) is 9.26. The molecule has 0 bridgehead atoms. The van der Waals surface area contributed by atoms with Gasteiger partial charge in [0.2, 0.25) is 0 Å². The molecule has 2 aromatic carbocycles. The van der Waals surface area contributed by atoms with Crippen LogP contribution in [0.1, 0.15) is 114 Å². The number of aliphatic hydroxyl groups is 1. The Morgan fingerprint density at radius 1 is 0.659 bits per heavy atom. The first-order chi connectivity index (χ1) is 21.5. The van der Waals surface area contributed by atoms with E-state index in [0.717, 1.165) is 80.4 Å². The molecule has 0 aromatic heterocycles. The highest BCUT2D eigenvalue weighted by atomic mass is 35.5. The number of halogens is 1. The number of ether oxygens (including phenoxy) is 4. The number of rotatable bonds is 21. The quantitative estimate of drug-likeness (QED) is 0.140. The van der Waals surface area contributed by atoms with Crippen LogP contribution in [0.3, 0.4) is 0 Å². The number of hydrogen-bond donors (Lipinski definition) is 1. The SMILES string of the molecule is CCCCOC[C@H]1[C@H](O)[C@@H](c2ccc(Cl)c(Cc3ccc(CC)cc3)c2)[C@H](OCCCC)[C@@H](OCCCC)[C@@H]1OCCCC. The van der Waals surface area contributed by atoms with E-state index in [-0.39, 0.29) is 30.1 Å². The summed E-state index contributed by atoms with van der Waals surface area (Å²) in [5.74, 6) is -0.546. The number of hydrogen-bond acceptors (Lipinski definition) is 5. The lowest BCUT2D eigenvalue weighted by Crippen LogP contribution is -2.61. The Morgan fingerprint density at radius 2 is 1.20 bits per heavy atom. The van der Waals surface area contributed by atoms with Gasteiger partial charge in [-0.25, -0.2) is 0 Å². The largest absolute Gasteiger partial charge is 0.392 e. The van der Waals surface area contributed by atoms with Crippen LogP contribution in [-0.2, 0) is 31.8 Å². The fourth-order valence-corrected chi connectivity index (χ4v) is 6.27. The van der Waals surface area contributed by atoms with Crippen molar-refractivity contribution < 1.29 is 24.1 Å². The van der Waals surface area contributed by atoms with Crippen molar-refractivity contribution in [2.24, 2.45) is 5.92 Å². The molecule has 6 atom stereocenters. The van der Waals surface area contributed by atoms with Crippen molar-refractivity contribution >= 4 is 11.6 Å². The average Bonchev–Trinajstić information content (AvgIpc) is 3.03. The molecule has 44 heavy (non-hydrogen) atoms. The lowest BCUT2D eigenvalue weighted by molar-refractivity contribution is -0.219. The van der Waals surface area contributed by atoms with Crippen LogP contribution in [0.2, 0.25) is 5.02 Å². The van der Waals surface area contributed by atoms with E-state index in [2.05, 4.69) is 71.0 Å². The van der Waals surface area contributed by atoms with Crippen LogP contribution in [0.25, 0.3) is 0 Å². The van der Waals surface area contributed by atoms with E-state index < -0.39 is 6.10 Å². The minimum Gasteiger partial charge on any atom is -0.392 e. The normalized spacial score (nSPS) is 23.7. The van der Waals surface area contributed by atoms with Crippen molar-refractivity contribution in [3.05, 3.63) is 69.7 Å². The van der Waals surface area contributed by atoms with E-state index >= 15 is 0 Å². The van der Waals surface area contributed by atoms with Crippen molar-refractivity contribution in [3.8, 4) is 0 Å². The van der Waals surface area contributed by atoms with Gasteiger partial charge >= 0.3 is 0 Å². The summed E-state index contributed by atoms with van der Waals surface area (Å²) in [7, 11) is 0. The van der Waals surface area contributed by atoms with Crippen molar-refractivity contribution in [1.29, 1.82) is 0 Å². The molecule has 1 fully saturated rings. The fraction of sp³-hybridized carbons (Fsp3) is 0.684. The molecule has 0 spiro atoms. The van der Waals surface area contributed by atoms with Crippen LogP contribution in [0.4, 0.5) is 0 Å². The monoisotopic (exact) mass is 630 g/mol. The molecule has 248 valence electrons. The summed E-state index contributed by atoms with van der Waals surface area (Å²) in [5, 5.41) is 13.0. The minimum atomic E-state index is -0.723. The molecular weight excluding hydrogens is 572 g/mol. The van der Waals surface area contributed by atoms with Crippen molar-refractivity contribution in [2.75, 3.05) is 33.0 Å². The minimum absolute atomic E-state index is 0.243. The first-order valence-corrected chi connectivity index (χ1v) is 17.8.